The number of benzene rings is 1. The molecule has 4 heterocycles. The Hall–Kier alpha value is -4.80. The minimum atomic E-state index is -1.20. The molecule has 6 rings (SSSR count). The van der Waals surface area contributed by atoms with Gasteiger partial charge in [0.05, 0.1) is 42.2 Å². The first kappa shape index (κ1) is 30.2. The standard InChI is InChI=1S/C32H35N7O6/c1-19-7-8-26(44-28-15-22(40)14-27(45-28)31(41)42)25(13-19)37(2)32(43)38-12-10-23-29(34-18-35-30(23)38)21-16-36-39(17-21)24(9-11-33)20-5-3-4-6-20/h7-8,10,12-13,16-18,20,22,24,27-28,40H,3-6,9,14-15H2,1-2H3,(H,41,42)/t22-,24+,27-,28+/m0/s1. The van der Waals surface area contributed by atoms with E-state index in [0.29, 0.717) is 40.5 Å². The van der Waals surface area contributed by atoms with Crippen LogP contribution in [0.3, 0.4) is 0 Å². The van der Waals surface area contributed by atoms with Crippen LogP contribution in [-0.2, 0) is 9.53 Å². The molecule has 1 aliphatic heterocycles. The highest BCUT2D eigenvalue weighted by Gasteiger charge is 2.35. The largest absolute Gasteiger partial charge is 0.479 e. The molecule has 1 saturated carbocycles. The van der Waals surface area contributed by atoms with E-state index in [0.717, 1.165) is 24.0 Å². The topological polar surface area (TPSA) is 169 Å². The lowest BCUT2D eigenvalue weighted by Gasteiger charge is -2.32. The van der Waals surface area contributed by atoms with Crippen LogP contribution in [0, 0.1) is 24.2 Å². The Balaban J connectivity index is 1.27. The predicted octanol–water partition coefficient (Wildman–Crippen LogP) is 4.68. The van der Waals surface area contributed by atoms with E-state index in [9.17, 15) is 25.1 Å². The Morgan fingerprint density at radius 2 is 2.02 bits per heavy atom. The molecule has 0 radical (unpaired) electrons. The van der Waals surface area contributed by atoms with Crippen molar-refractivity contribution in [3.8, 4) is 23.1 Å². The molecular weight excluding hydrogens is 578 g/mol. The molecule has 2 aliphatic rings. The Morgan fingerprint density at radius 1 is 1.22 bits per heavy atom. The zero-order chi connectivity index (χ0) is 31.7. The number of carbonyl (C=O) groups is 2. The van der Waals surface area contributed by atoms with Gasteiger partial charge in [-0.15, -0.1) is 0 Å². The molecule has 1 saturated heterocycles. The second-order valence-corrected chi connectivity index (χ2v) is 11.8. The zero-order valence-corrected chi connectivity index (χ0v) is 25.1. The summed E-state index contributed by atoms with van der Waals surface area (Å²) in [6.45, 7) is 1.88. The van der Waals surface area contributed by atoms with E-state index in [1.807, 2.05) is 23.9 Å². The minimum absolute atomic E-state index is 0.00596. The highest BCUT2D eigenvalue weighted by Crippen LogP contribution is 2.37. The van der Waals surface area contributed by atoms with Crippen LogP contribution in [0.4, 0.5) is 10.5 Å². The number of rotatable bonds is 8. The molecular formula is C32H35N7O6. The zero-order valence-electron chi connectivity index (χ0n) is 25.1. The van der Waals surface area contributed by atoms with Crippen LogP contribution in [-0.4, -0.2) is 72.1 Å². The average Bonchev–Trinajstić information content (AvgIpc) is 3.81. The summed E-state index contributed by atoms with van der Waals surface area (Å²) in [5.74, 6) is -0.461. The van der Waals surface area contributed by atoms with Crippen LogP contribution >= 0.6 is 0 Å². The Kier molecular flexibility index (Phi) is 8.51. The van der Waals surface area contributed by atoms with Crippen molar-refractivity contribution in [3.05, 3.63) is 54.7 Å². The molecule has 1 aromatic carbocycles. The van der Waals surface area contributed by atoms with Gasteiger partial charge in [0.15, 0.2) is 11.8 Å². The molecule has 3 aromatic heterocycles. The predicted molar refractivity (Wildman–Crippen MR) is 163 cm³/mol. The Morgan fingerprint density at radius 3 is 2.78 bits per heavy atom. The fraction of sp³-hybridized carbons (Fsp3) is 0.438. The third-order valence-electron chi connectivity index (χ3n) is 8.71. The quantitative estimate of drug-likeness (QED) is 0.285. The summed E-state index contributed by atoms with van der Waals surface area (Å²) in [6.07, 6.45) is 8.57. The lowest BCUT2D eigenvalue weighted by atomic mass is 9.96. The third-order valence-corrected chi connectivity index (χ3v) is 8.71. The maximum atomic E-state index is 13.9. The van der Waals surface area contributed by atoms with Gasteiger partial charge in [-0.05, 0) is 49.4 Å². The average molecular weight is 614 g/mol. The Bertz CT molecular complexity index is 1750. The van der Waals surface area contributed by atoms with Crippen LogP contribution in [0.2, 0.25) is 0 Å². The molecule has 1 amide bonds. The first-order valence-electron chi connectivity index (χ1n) is 15.1. The number of ether oxygens (including phenoxy) is 2. The summed E-state index contributed by atoms with van der Waals surface area (Å²) >= 11 is 0. The molecule has 4 atom stereocenters. The number of fused-ring (bicyclic) bond motifs is 1. The molecule has 2 N–H and O–H groups in total. The summed E-state index contributed by atoms with van der Waals surface area (Å²) < 4.78 is 14.9. The molecule has 45 heavy (non-hydrogen) atoms. The molecule has 0 bridgehead atoms. The van der Waals surface area contributed by atoms with Crippen molar-refractivity contribution in [2.24, 2.45) is 5.92 Å². The molecule has 0 spiro atoms. The normalized spacial score (nSPS) is 21.0. The summed E-state index contributed by atoms with van der Waals surface area (Å²) in [4.78, 5) is 35.8. The van der Waals surface area contributed by atoms with Gasteiger partial charge in [-0.25, -0.2) is 19.6 Å². The second-order valence-electron chi connectivity index (χ2n) is 11.8. The highest BCUT2D eigenvalue weighted by atomic mass is 16.7. The number of carbonyl (C=O) groups excluding carboxylic acids is 1. The number of aliphatic hydroxyl groups is 1. The number of anilines is 1. The molecule has 13 heteroatoms. The van der Waals surface area contributed by atoms with Gasteiger partial charge < -0.3 is 19.7 Å². The van der Waals surface area contributed by atoms with Gasteiger partial charge in [0.1, 0.15) is 12.1 Å². The van der Waals surface area contributed by atoms with Crippen LogP contribution in [0.25, 0.3) is 22.3 Å². The van der Waals surface area contributed by atoms with Crippen LogP contribution in [0.15, 0.2) is 49.2 Å². The second kappa shape index (κ2) is 12.7. The lowest BCUT2D eigenvalue weighted by molar-refractivity contribution is -0.195. The molecule has 4 aromatic rings. The van der Waals surface area contributed by atoms with Gasteiger partial charge >= 0.3 is 12.0 Å². The highest BCUT2D eigenvalue weighted by molar-refractivity contribution is 6.02. The van der Waals surface area contributed by atoms with Gasteiger partial charge in [-0.1, -0.05) is 18.9 Å². The van der Waals surface area contributed by atoms with E-state index in [-0.39, 0.29) is 18.9 Å². The van der Waals surface area contributed by atoms with Crippen molar-refractivity contribution < 1.29 is 29.3 Å². The van der Waals surface area contributed by atoms with Crippen molar-refractivity contribution in [2.45, 2.75) is 76.4 Å². The number of aromatic nitrogens is 5. The number of aliphatic carboxylic acids is 1. The van der Waals surface area contributed by atoms with Gasteiger partial charge in [0.25, 0.3) is 0 Å². The number of aryl methyl sites for hydroxylation is 1. The van der Waals surface area contributed by atoms with Crippen molar-refractivity contribution in [2.75, 3.05) is 11.9 Å². The van der Waals surface area contributed by atoms with Crippen molar-refractivity contribution in [3.63, 3.8) is 0 Å². The van der Waals surface area contributed by atoms with Crippen LogP contribution in [0.1, 0.15) is 56.6 Å². The van der Waals surface area contributed by atoms with E-state index in [1.165, 1.54) is 28.6 Å². The number of aliphatic hydroxyl groups excluding tert-OH is 1. The number of hydrogen-bond acceptors (Lipinski definition) is 9. The van der Waals surface area contributed by atoms with Gasteiger partial charge in [0, 0.05) is 43.2 Å². The maximum Gasteiger partial charge on any atom is 0.334 e. The number of carboxylic acid groups (broad SMARTS) is 1. The summed E-state index contributed by atoms with van der Waals surface area (Å²) in [6, 6.07) is 8.97. The fourth-order valence-electron chi connectivity index (χ4n) is 6.38. The molecule has 0 unspecified atom stereocenters. The van der Waals surface area contributed by atoms with Gasteiger partial charge in [-0.3, -0.25) is 14.1 Å². The number of nitriles is 1. The van der Waals surface area contributed by atoms with E-state index < -0.39 is 30.5 Å². The first-order chi connectivity index (χ1) is 21.7. The first-order valence-corrected chi connectivity index (χ1v) is 15.1. The van der Waals surface area contributed by atoms with Crippen molar-refractivity contribution in [1.82, 2.24) is 24.3 Å². The number of carboxylic acids is 1. The molecule has 2 fully saturated rings. The minimum Gasteiger partial charge on any atom is -0.479 e. The summed E-state index contributed by atoms with van der Waals surface area (Å²) in [5, 5.41) is 34.3. The van der Waals surface area contributed by atoms with Crippen LogP contribution in [0.5, 0.6) is 5.75 Å². The van der Waals surface area contributed by atoms with Gasteiger partial charge in [-0.2, -0.15) is 10.4 Å². The number of nitrogens with zero attached hydrogens (tertiary/aromatic N) is 7. The van der Waals surface area contributed by atoms with E-state index in [2.05, 4.69) is 21.1 Å². The van der Waals surface area contributed by atoms with Crippen molar-refractivity contribution >= 4 is 28.7 Å². The molecule has 1 aliphatic carbocycles. The molecule has 13 nitrogen and oxygen atoms in total. The monoisotopic (exact) mass is 613 g/mol. The lowest BCUT2D eigenvalue weighted by Crippen LogP contribution is -2.42. The van der Waals surface area contributed by atoms with Gasteiger partial charge in [0.2, 0.25) is 6.29 Å². The third kappa shape index (κ3) is 6.11. The van der Waals surface area contributed by atoms with E-state index >= 15 is 0 Å². The Labute approximate surface area is 259 Å². The maximum absolute atomic E-state index is 13.9. The fourth-order valence-corrected chi connectivity index (χ4v) is 6.38. The molecule has 234 valence electrons. The van der Waals surface area contributed by atoms with Crippen LogP contribution < -0.4 is 9.64 Å². The number of hydrogen-bond donors (Lipinski definition) is 2. The van der Waals surface area contributed by atoms with E-state index in [4.69, 9.17) is 9.47 Å². The SMILES string of the molecule is Cc1ccc(O[C@H]2C[C@@H](O)C[C@@H](C(=O)O)O2)c(N(C)C(=O)n2ccc3c(-c4cnn([C@H](CC#N)C5CCCC5)c4)ncnc32)c1. The smallest absolute Gasteiger partial charge is 0.334 e. The summed E-state index contributed by atoms with van der Waals surface area (Å²) in [7, 11) is 1.61. The van der Waals surface area contributed by atoms with Crippen molar-refractivity contribution in [1.29, 1.82) is 5.26 Å². The number of amides is 1. The van der Waals surface area contributed by atoms with E-state index in [1.54, 1.807) is 37.6 Å². The summed E-state index contributed by atoms with van der Waals surface area (Å²) in [5.41, 5.74) is 3.11.